The highest BCUT2D eigenvalue weighted by atomic mass is 16.5. The van der Waals surface area contributed by atoms with Crippen LogP contribution < -0.4 is 19.3 Å². The molecule has 2 saturated heterocycles. The molecule has 1 aromatic carbocycles. The molecule has 0 spiro atoms. The number of amides is 1. The molecule has 0 aliphatic carbocycles. The average Bonchev–Trinajstić information content (AvgIpc) is 2.83. The van der Waals surface area contributed by atoms with Gasteiger partial charge in [0.1, 0.15) is 17.3 Å². The number of anilines is 2. The lowest BCUT2D eigenvalue weighted by Crippen LogP contribution is -2.50. The smallest absolute Gasteiger partial charge is 0.260 e. The lowest BCUT2D eigenvalue weighted by molar-refractivity contribution is -0.133. The number of aryl methyl sites for hydroxylation is 1. The molecule has 4 rings (SSSR count). The van der Waals surface area contributed by atoms with Gasteiger partial charge in [-0.2, -0.15) is 4.98 Å². The van der Waals surface area contributed by atoms with E-state index in [2.05, 4.69) is 20.9 Å². The van der Waals surface area contributed by atoms with Gasteiger partial charge in [0.15, 0.2) is 6.61 Å². The van der Waals surface area contributed by atoms with Gasteiger partial charge in [-0.25, -0.2) is 4.98 Å². The Balaban J connectivity index is 1.32. The van der Waals surface area contributed by atoms with Crippen molar-refractivity contribution in [3.63, 3.8) is 0 Å². The second-order valence-corrected chi connectivity index (χ2v) is 8.05. The molecule has 2 aromatic rings. The molecular formula is C23H31N5O3. The summed E-state index contributed by atoms with van der Waals surface area (Å²) in [5.74, 6) is 3.11. The van der Waals surface area contributed by atoms with E-state index < -0.39 is 0 Å². The van der Waals surface area contributed by atoms with E-state index in [-0.39, 0.29) is 12.5 Å². The van der Waals surface area contributed by atoms with Crippen molar-refractivity contribution in [3.8, 4) is 11.5 Å². The Morgan fingerprint density at radius 1 is 0.935 bits per heavy atom. The van der Waals surface area contributed by atoms with Crippen molar-refractivity contribution in [2.75, 3.05) is 62.8 Å². The van der Waals surface area contributed by atoms with Crippen molar-refractivity contribution in [2.45, 2.75) is 26.2 Å². The number of piperidine rings is 1. The van der Waals surface area contributed by atoms with Crippen LogP contribution >= 0.6 is 0 Å². The Hall–Kier alpha value is -3.03. The van der Waals surface area contributed by atoms with Crippen LogP contribution in [0.1, 0.15) is 25.0 Å². The zero-order chi connectivity index (χ0) is 21.6. The van der Waals surface area contributed by atoms with E-state index >= 15 is 0 Å². The highest BCUT2D eigenvalue weighted by Crippen LogP contribution is 2.22. The number of methoxy groups -OCH3 is 1. The Kier molecular flexibility index (Phi) is 6.74. The second-order valence-electron chi connectivity index (χ2n) is 8.05. The predicted molar refractivity (Wildman–Crippen MR) is 120 cm³/mol. The van der Waals surface area contributed by atoms with Crippen LogP contribution in [0.3, 0.4) is 0 Å². The number of piperazine rings is 1. The van der Waals surface area contributed by atoms with Gasteiger partial charge in [0, 0.05) is 57.1 Å². The second kappa shape index (κ2) is 9.85. The summed E-state index contributed by atoms with van der Waals surface area (Å²) in [7, 11) is 1.61. The standard InChI is InChI=1S/C23H31N5O3/c1-18-15-21(26-9-4-3-5-10-26)25-23(24-18)28-13-11-27(12-14-28)22(29)17-31-20-8-6-7-19(16-20)30-2/h6-8,15-16H,3-5,9-14,17H2,1-2H3. The number of carbonyl (C=O) groups is 1. The molecule has 0 unspecified atom stereocenters. The number of hydrogen-bond donors (Lipinski definition) is 0. The summed E-state index contributed by atoms with van der Waals surface area (Å²) >= 11 is 0. The molecule has 8 heteroatoms. The molecular weight excluding hydrogens is 394 g/mol. The molecule has 0 radical (unpaired) electrons. The molecule has 0 bridgehead atoms. The molecule has 8 nitrogen and oxygen atoms in total. The maximum absolute atomic E-state index is 12.6. The molecule has 0 N–H and O–H groups in total. The number of aromatic nitrogens is 2. The summed E-state index contributed by atoms with van der Waals surface area (Å²) in [6, 6.07) is 9.36. The quantitative estimate of drug-likeness (QED) is 0.704. The van der Waals surface area contributed by atoms with Crippen molar-refractivity contribution in [2.24, 2.45) is 0 Å². The third kappa shape index (κ3) is 5.37. The number of benzene rings is 1. The maximum atomic E-state index is 12.6. The first-order valence-corrected chi connectivity index (χ1v) is 11.0. The van der Waals surface area contributed by atoms with Gasteiger partial charge in [0.2, 0.25) is 5.95 Å². The summed E-state index contributed by atoms with van der Waals surface area (Å²) in [6.07, 6.45) is 3.74. The fourth-order valence-corrected chi connectivity index (χ4v) is 4.05. The molecule has 2 fully saturated rings. The summed E-state index contributed by atoms with van der Waals surface area (Å²) < 4.78 is 10.9. The highest BCUT2D eigenvalue weighted by Gasteiger charge is 2.24. The number of hydrogen-bond acceptors (Lipinski definition) is 7. The third-order valence-corrected chi connectivity index (χ3v) is 5.83. The van der Waals surface area contributed by atoms with Crippen LogP contribution in [-0.4, -0.2) is 73.8 Å². The third-order valence-electron chi connectivity index (χ3n) is 5.83. The predicted octanol–water partition coefficient (Wildman–Crippen LogP) is 2.51. The first-order chi connectivity index (χ1) is 15.1. The van der Waals surface area contributed by atoms with Crippen LogP contribution in [0.4, 0.5) is 11.8 Å². The van der Waals surface area contributed by atoms with Crippen molar-refractivity contribution in [1.29, 1.82) is 0 Å². The fraction of sp³-hybridized carbons (Fsp3) is 0.522. The van der Waals surface area contributed by atoms with Gasteiger partial charge in [-0.05, 0) is 38.3 Å². The van der Waals surface area contributed by atoms with E-state index in [1.807, 2.05) is 30.0 Å². The molecule has 3 heterocycles. The minimum atomic E-state index is -0.0124. The van der Waals surface area contributed by atoms with Crippen LogP contribution in [0.5, 0.6) is 11.5 Å². The Labute approximate surface area is 183 Å². The Morgan fingerprint density at radius 2 is 1.68 bits per heavy atom. The topological polar surface area (TPSA) is 71.0 Å². The van der Waals surface area contributed by atoms with Crippen molar-refractivity contribution >= 4 is 17.7 Å². The van der Waals surface area contributed by atoms with Crippen molar-refractivity contribution in [1.82, 2.24) is 14.9 Å². The van der Waals surface area contributed by atoms with E-state index in [0.29, 0.717) is 37.7 Å². The van der Waals surface area contributed by atoms with E-state index in [0.717, 1.165) is 30.5 Å². The molecule has 31 heavy (non-hydrogen) atoms. The van der Waals surface area contributed by atoms with Gasteiger partial charge < -0.3 is 24.2 Å². The molecule has 0 saturated carbocycles. The van der Waals surface area contributed by atoms with Gasteiger partial charge >= 0.3 is 0 Å². The SMILES string of the molecule is COc1cccc(OCC(=O)N2CCN(c3nc(C)cc(N4CCCCC4)n3)CC2)c1. The Morgan fingerprint density at radius 3 is 2.42 bits per heavy atom. The number of carbonyl (C=O) groups excluding carboxylic acids is 1. The average molecular weight is 426 g/mol. The summed E-state index contributed by atoms with van der Waals surface area (Å²) in [4.78, 5) is 28.5. The first-order valence-electron chi connectivity index (χ1n) is 11.0. The maximum Gasteiger partial charge on any atom is 0.260 e. The van der Waals surface area contributed by atoms with Crippen LogP contribution in [0.15, 0.2) is 30.3 Å². The normalized spacial score (nSPS) is 16.9. The molecule has 166 valence electrons. The molecule has 1 amide bonds. The van der Waals surface area contributed by atoms with E-state index in [4.69, 9.17) is 14.5 Å². The lowest BCUT2D eigenvalue weighted by Gasteiger charge is -2.35. The first kappa shape index (κ1) is 21.2. The monoisotopic (exact) mass is 425 g/mol. The van der Waals surface area contributed by atoms with E-state index in [1.165, 1.54) is 19.3 Å². The van der Waals surface area contributed by atoms with E-state index in [9.17, 15) is 4.79 Å². The summed E-state index contributed by atoms with van der Waals surface area (Å²) in [5, 5.41) is 0. The Bertz CT molecular complexity index is 893. The minimum absolute atomic E-state index is 0.0124. The zero-order valence-electron chi connectivity index (χ0n) is 18.4. The molecule has 1 aromatic heterocycles. The van der Waals surface area contributed by atoms with Crippen LogP contribution in [-0.2, 0) is 4.79 Å². The van der Waals surface area contributed by atoms with Crippen molar-refractivity contribution in [3.05, 3.63) is 36.0 Å². The van der Waals surface area contributed by atoms with Gasteiger partial charge in [-0.15, -0.1) is 0 Å². The van der Waals surface area contributed by atoms with Gasteiger partial charge in [0.25, 0.3) is 5.91 Å². The van der Waals surface area contributed by atoms with Gasteiger partial charge in [0.05, 0.1) is 7.11 Å². The number of nitrogens with zero attached hydrogens (tertiary/aromatic N) is 5. The minimum Gasteiger partial charge on any atom is -0.497 e. The number of ether oxygens (including phenoxy) is 2. The largest absolute Gasteiger partial charge is 0.497 e. The van der Waals surface area contributed by atoms with Gasteiger partial charge in [-0.1, -0.05) is 6.07 Å². The number of rotatable bonds is 6. The van der Waals surface area contributed by atoms with Crippen LogP contribution in [0.25, 0.3) is 0 Å². The van der Waals surface area contributed by atoms with E-state index in [1.54, 1.807) is 13.2 Å². The molecule has 0 atom stereocenters. The van der Waals surface area contributed by atoms with Gasteiger partial charge in [-0.3, -0.25) is 4.79 Å². The summed E-state index contributed by atoms with van der Waals surface area (Å²) in [5.41, 5.74) is 0.982. The molecule has 2 aliphatic rings. The lowest BCUT2D eigenvalue weighted by atomic mass is 10.1. The highest BCUT2D eigenvalue weighted by molar-refractivity contribution is 5.78. The molecule has 2 aliphatic heterocycles. The van der Waals surface area contributed by atoms with Crippen LogP contribution in [0.2, 0.25) is 0 Å². The zero-order valence-corrected chi connectivity index (χ0v) is 18.4. The van der Waals surface area contributed by atoms with Crippen LogP contribution in [0, 0.1) is 6.92 Å². The van der Waals surface area contributed by atoms with Crippen molar-refractivity contribution < 1.29 is 14.3 Å². The fourth-order valence-electron chi connectivity index (χ4n) is 4.05. The summed E-state index contributed by atoms with van der Waals surface area (Å²) in [6.45, 7) is 6.87.